The Bertz CT molecular complexity index is 2210. The Morgan fingerprint density at radius 2 is 1.58 bits per heavy atom. The van der Waals surface area contributed by atoms with Gasteiger partial charge in [-0.3, -0.25) is 14.5 Å². The van der Waals surface area contributed by atoms with E-state index in [1.165, 1.54) is 33.4 Å². The van der Waals surface area contributed by atoms with Crippen molar-refractivity contribution in [2.75, 3.05) is 11.5 Å². The number of rotatable bonds is 11. The number of ether oxygens (including phenoxy) is 2. The third-order valence-corrected chi connectivity index (χ3v) is 10.5. The van der Waals surface area contributed by atoms with Gasteiger partial charge < -0.3 is 14.6 Å². The van der Waals surface area contributed by atoms with Crippen LogP contribution in [0.2, 0.25) is 0 Å². The normalized spacial score (nSPS) is 15.5. The number of hydrogen-bond donors (Lipinski definition) is 1. The number of Topliss-reactive ketones (excluding diaryl/α,β-unsaturated/α-hetero) is 1. The van der Waals surface area contributed by atoms with Crippen molar-refractivity contribution < 1.29 is 24.2 Å². The summed E-state index contributed by atoms with van der Waals surface area (Å²) in [7, 11) is 0. The van der Waals surface area contributed by atoms with Crippen LogP contribution in [0.5, 0.6) is 11.5 Å². The predicted octanol–water partition coefficient (Wildman–Crippen LogP) is 8.90. The Balaban J connectivity index is 1.18. The van der Waals surface area contributed by atoms with Crippen LogP contribution in [0.4, 0.5) is 5.13 Å². The van der Waals surface area contributed by atoms with Crippen molar-refractivity contribution in [2.24, 2.45) is 0 Å². The molecule has 250 valence electrons. The van der Waals surface area contributed by atoms with Crippen LogP contribution in [-0.4, -0.2) is 33.6 Å². The molecule has 7 rings (SSSR count). The minimum absolute atomic E-state index is 0.0345. The molecule has 8 nitrogen and oxygen atoms in total. The van der Waals surface area contributed by atoms with E-state index < -0.39 is 17.7 Å². The van der Waals surface area contributed by atoms with Gasteiger partial charge in [-0.25, -0.2) is 0 Å². The summed E-state index contributed by atoms with van der Waals surface area (Å²) >= 11 is 2.75. The first-order valence-corrected chi connectivity index (χ1v) is 18.0. The molecule has 6 aromatic rings. The zero-order valence-corrected chi connectivity index (χ0v) is 29.0. The van der Waals surface area contributed by atoms with Gasteiger partial charge >= 0.3 is 5.91 Å². The van der Waals surface area contributed by atoms with Crippen LogP contribution in [0.1, 0.15) is 40.8 Å². The second-order valence-electron chi connectivity index (χ2n) is 11.8. The van der Waals surface area contributed by atoms with Gasteiger partial charge in [0.15, 0.2) is 4.34 Å². The molecule has 1 aliphatic heterocycles. The van der Waals surface area contributed by atoms with Crippen molar-refractivity contribution in [3.63, 3.8) is 0 Å². The lowest BCUT2D eigenvalue weighted by atomic mass is 9.95. The van der Waals surface area contributed by atoms with Gasteiger partial charge in [-0.2, -0.15) is 0 Å². The number of benzene rings is 5. The molecule has 1 N–H and O–H groups in total. The maximum Gasteiger partial charge on any atom is 0.301 e. The molecule has 0 spiro atoms. The number of ketones is 1. The van der Waals surface area contributed by atoms with Gasteiger partial charge in [0.05, 0.1) is 18.2 Å². The lowest BCUT2D eigenvalue weighted by Gasteiger charge is -2.22. The number of nitrogens with zero attached hydrogens (tertiary/aromatic N) is 3. The van der Waals surface area contributed by atoms with Gasteiger partial charge in [0.25, 0.3) is 5.78 Å². The van der Waals surface area contributed by atoms with E-state index in [-0.39, 0.29) is 16.5 Å². The first kappa shape index (κ1) is 33.1. The molecule has 0 bridgehead atoms. The van der Waals surface area contributed by atoms with E-state index >= 15 is 0 Å². The lowest BCUT2D eigenvalue weighted by Crippen LogP contribution is -2.29. The fraction of sp³-hybridized carbons (Fsp3) is 0.150. The molecule has 1 fully saturated rings. The summed E-state index contributed by atoms with van der Waals surface area (Å²) in [5, 5.41) is 23.0. The smallest absolute Gasteiger partial charge is 0.301 e. The second kappa shape index (κ2) is 14.6. The number of hydrogen-bond acceptors (Lipinski definition) is 9. The van der Waals surface area contributed by atoms with E-state index in [9.17, 15) is 14.7 Å². The number of aromatic nitrogens is 2. The van der Waals surface area contributed by atoms with Crippen LogP contribution in [0, 0.1) is 6.92 Å². The Kier molecular flexibility index (Phi) is 9.64. The van der Waals surface area contributed by atoms with Crippen LogP contribution < -0.4 is 14.4 Å². The van der Waals surface area contributed by atoms with Gasteiger partial charge in [0.2, 0.25) is 5.13 Å². The van der Waals surface area contributed by atoms with E-state index in [0.717, 1.165) is 22.1 Å². The fourth-order valence-corrected chi connectivity index (χ4v) is 7.88. The molecule has 0 aliphatic carbocycles. The van der Waals surface area contributed by atoms with Crippen molar-refractivity contribution in [2.45, 2.75) is 36.6 Å². The lowest BCUT2D eigenvalue weighted by molar-refractivity contribution is -0.132. The number of aryl methyl sites for hydroxylation is 1. The Morgan fingerprint density at radius 1 is 0.860 bits per heavy atom. The van der Waals surface area contributed by atoms with Crippen molar-refractivity contribution in [3.8, 4) is 11.5 Å². The SMILES string of the molecule is CCOc1ccc(C2C(=C(O)c3ccc(OCc4cccc(C)c4)cc3)C(=O)C(=O)N2c2nnc(SCc3cccc4ccccc34)s2)cc1. The molecule has 1 amide bonds. The first-order valence-electron chi connectivity index (χ1n) is 16.1. The molecule has 5 aromatic carbocycles. The number of aliphatic hydroxyl groups is 1. The van der Waals surface area contributed by atoms with Crippen molar-refractivity contribution >= 4 is 56.5 Å². The second-order valence-corrected chi connectivity index (χ2v) is 13.9. The molecular formula is C40H33N3O5S2. The predicted molar refractivity (Wildman–Crippen MR) is 198 cm³/mol. The van der Waals surface area contributed by atoms with E-state index in [4.69, 9.17) is 9.47 Å². The first-order chi connectivity index (χ1) is 24.4. The van der Waals surface area contributed by atoms with E-state index in [2.05, 4.69) is 40.5 Å². The van der Waals surface area contributed by atoms with Crippen molar-refractivity contribution in [1.29, 1.82) is 0 Å². The van der Waals surface area contributed by atoms with Crippen molar-refractivity contribution in [1.82, 2.24) is 10.2 Å². The van der Waals surface area contributed by atoms with E-state index in [1.54, 1.807) is 48.5 Å². The number of thioether (sulfide) groups is 1. The summed E-state index contributed by atoms with van der Waals surface area (Å²) in [6.45, 7) is 4.81. The van der Waals surface area contributed by atoms with E-state index in [0.29, 0.717) is 45.9 Å². The summed E-state index contributed by atoms with van der Waals surface area (Å²) in [5.74, 6) is 0.0325. The average Bonchev–Trinajstić information content (AvgIpc) is 3.71. The molecule has 0 radical (unpaired) electrons. The number of carbonyl (C=O) groups is 2. The molecule has 0 saturated carbocycles. The monoisotopic (exact) mass is 699 g/mol. The largest absolute Gasteiger partial charge is 0.507 e. The molecule has 1 saturated heterocycles. The van der Waals surface area contributed by atoms with Crippen LogP contribution in [0.15, 0.2) is 125 Å². The topological polar surface area (TPSA) is 102 Å². The number of anilines is 1. The summed E-state index contributed by atoms with van der Waals surface area (Å²) in [5.41, 5.74) is 4.31. The summed E-state index contributed by atoms with van der Waals surface area (Å²) in [6.07, 6.45) is 0. The quantitative estimate of drug-likeness (QED) is 0.0471. The maximum absolute atomic E-state index is 13.8. The zero-order valence-electron chi connectivity index (χ0n) is 27.4. The minimum atomic E-state index is -0.938. The standard InChI is InChI=1S/C40H33N3O5S2/c1-3-47-31-18-14-28(15-19-31)35-34(36(44)29-16-20-32(21-17-29)48-23-26-9-6-8-25(2)22-26)37(45)38(46)43(35)39-41-42-40(50-39)49-24-30-12-7-11-27-10-4-5-13-33(27)30/h4-22,35,44H,3,23-24H2,1-2H3. The third kappa shape index (κ3) is 6.85. The summed E-state index contributed by atoms with van der Waals surface area (Å²) < 4.78 is 12.2. The van der Waals surface area contributed by atoms with Crippen LogP contribution in [0.3, 0.4) is 0 Å². The van der Waals surface area contributed by atoms with E-state index in [1.807, 2.05) is 50.2 Å². The highest BCUT2D eigenvalue weighted by molar-refractivity contribution is 8.00. The Labute approximate surface area is 298 Å². The third-order valence-electron chi connectivity index (χ3n) is 8.40. The van der Waals surface area contributed by atoms with Crippen molar-refractivity contribution in [3.05, 3.63) is 149 Å². The number of aliphatic hydroxyl groups excluding tert-OH is 1. The van der Waals surface area contributed by atoms with Crippen LogP contribution in [0.25, 0.3) is 16.5 Å². The molecule has 1 aliphatic rings. The highest BCUT2D eigenvalue weighted by Gasteiger charge is 2.48. The maximum atomic E-state index is 13.8. The van der Waals surface area contributed by atoms with Gasteiger partial charge in [0, 0.05) is 11.3 Å². The van der Waals surface area contributed by atoms with Gasteiger partial charge in [0.1, 0.15) is 23.9 Å². The zero-order chi connectivity index (χ0) is 34.6. The molecule has 50 heavy (non-hydrogen) atoms. The number of amides is 1. The average molecular weight is 700 g/mol. The molecule has 1 aromatic heterocycles. The number of carbonyl (C=O) groups excluding carboxylic acids is 2. The molecule has 2 heterocycles. The summed E-state index contributed by atoms with van der Waals surface area (Å²) in [6, 6.07) is 35.5. The molecule has 1 atom stereocenters. The number of fused-ring (bicyclic) bond motifs is 1. The Morgan fingerprint density at radius 3 is 2.36 bits per heavy atom. The Hall–Kier alpha value is -5.45. The minimum Gasteiger partial charge on any atom is -0.507 e. The van der Waals surface area contributed by atoms with Gasteiger partial charge in [-0.1, -0.05) is 108 Å². The fourth-order valence-electron chi connectivity index (χ4n) is 6.01. The highest BCUT2D eigenvalue weighted by Crippen LogP contribution is 2.44. The van der Waals surface area contributed by atoms with Crippen LogP contribution >= 0.6 is 23.1 Å². The molecule has 1 unspecified atom stereocenters. The van der Waals surface area contributed by atoms with Crippen LogP contribution in [-0.2, 0) is 21.9 Å². The molecular weight excluding hydrogens is 667 g/mol. The molecule has 10 heteroatoms. The highest BCUT2D eigenvalue weighted by atomic mass is 32.2. The van der Waals surface area contributed by atoms with Gasteiger partial charge in [-0.05, 0) is 77.7 Å². The van der Waals surface area contributed by atoms with Gasteiger partial charge in [-0.15, -0.1) is 10.2 Å². The summed E-state index contributed by atoms with van der Waals surface area (Å²) in [4.78, 5) is 28.8.